The van der Waals surface area contributed by atoms with Gasteiger partial charge in [-0.05, 0) is 20.8 Å². The summed E-state index contributed by atoms with van der Waals surface area (Å²) in [6.45, 7) is 12.1. The van der Waals surface area contributed by atoms with E-state index in [0.29, 0.717) is 5.69 Å². The van der Waals surface area contributed by atoms with Gasteiger partial charge in [0, 0.05) is 6.42 Å². The van der Waals surface area contributed by atoms with E-state index in [9.17, 15) is 14.4 Å². The number of carbonyl (C=O) groups excluding carboxylic acids is 3. The standard InChI is InChI=1S/C19H22N2O6/c1-19(2,3)27-18(24)21-11-14(10-15(21)17(23)25-5)26-16(22)12-6-8-13(20-4)9-7-12/h6-9,14-15H,10-11H2,1-3,5H3/t14-,15+/m1/s1. The molecular formula is C19H22N2O6. The number of nitrogens with zero attached hydrogens (tertiary/aromatic N) is 2. The van der Waals surface area contributed by atoms with Gasteiger partial charge in [-0.3, -0.25) is 4.90 Å². The van der Waals surface area contributed by atoms with Crippen molar-refractivity contribution in [1.82, 2.24) is 4.90 Å². The summed E-state index contributed by atoms with van der Waals surface area (Å²) in [7, 11) is 1.23. The Morgan fingerprint density at radius 3 is 2.33 bits per heavy atom. The molecule has 0 aliphatic carbocycles. The maximum absolute atomic E-state index is 12.4. The lowest BCUT2D eigenvalue weighted by molar-refractivity contribution is -0.145. The summed E-state index contributed by atoms with van der Waals surface area (Å²) in [5.41, 5.74) is -0.0287. The molecule has 0 saturated carbocycles. The molecule has 1 fully saturated rings. The summed E-state index contributed by atoms with van der Waals surface area (Å²) in [6, 6.07) is 5.14. The minimum atomic E-state index is -0.882. The molecule has 0 radical (unpaired) electrons. The molecule has 0 spiro atoms. The highest BCUT2D eigenvalue weighted by Gasteiger charge is 2.43. The molecule has 2 atom stereocenters. The van der Waals surface area contributed by atoms with Crippen molar-refractivity contribution >= 4 is 23.7 Å². The van der Waals surface area contributed by atoms with Crippen LogP contribution in [0.25, 0.3) is 4.85 Å². The fourth-order valence-electron chi connectivity index (χ4n) is 2.66. The third-order valence-corrected chi connectivity index (χ3v) is 3.87. The Morgan fingerprint density at radius 1 is 1.19 bits per heavy atom. The van der Waals surface area contributed by atoms with E-state index in [1.807, 2.05) is 0 Å². The zero-order valence-electron chi connectivity index (χ0n) is 15.7. The second-order valence-electron chi connectivity index (χ2n) is 7.09. The highest BCUT2D eigenvalue weighted by Crippen LogP contribution is 2.25. The van der Waals surface area contributed by atoms with Gasteiger partial charge in [0.2, 0.25) is 0 Å². The average Bonchev–Trinajstić information content (AvgIpc) is 3.03. The van der Waals surface area contributed by atoms with Gasteiger partial charge in [-0.2, -0.15) is 0 Å². The Kier molecular flexibility index (Phi) is 6.05. The first-order valence-electron chi connectivity index (χ1n) is 8.40. The van der Waals surface area contributed by atoms with Crippen molar-refractivity contribution in [1.29, 1.82) is 0 Å². The highest BCUT2D eigenvalue weighted by molar-refractivity contribution is 5.90. The summed E-state index contributed by atoms with van der Waals surface area (Å²) in [5.74, 6) is -1.19. The van der Waals surface area contributed by atoms with Gasteiger partial charge in [-0.25, -0.2) is 19.2 Å². The van der Waals surface area contributed by atoms with Crippen LogP contribution in [0.15, 0.2) is 24.3 Å². The van der Waals surface area contributed by atoms with E-state index in [1.165, 1.54) is 36.3 Å². The molecule has 27 heavy (non-hydrogen) atoms. The second-order valence-corrected chi connectivity index (χ2v) is 7.09. The number of esters is 2. The van der Waals surface area contributed by atoms with Gasteiger partial charge >= 0.3 is 18.0 Å². The van der Waals surface area contributed by atoms with Crippen molar-refractivity contribution in [3.63, 3.8) is 0 Å². The van der Waals surface area contributed by atoms with Crippen LogP contribution in [0, 0.1) is 6.57 Å². The number of ether oxygens (including phenoxy) is 3. The number of hydrogen-bond acceptors (Lipinski definition) is 6. The van der Waals surface area contributed by atoms with Gasteiger partial charge in [-0.1, -0.05) is 24.3 Å². The molecule has 1 amide bonds. The zero-order chi connectivity index (χ0) is 20.2. The van der Waals surface area contributed by atoms with Gasteiger partial charge < -0.3 is 14.2 Å². The molecule has 8 nitrogen and oxygen atoms in total. The largest absolute Gasteiger partial charge is 0.467 e. The first kappa shape index (κ1) is 20.2. The number of hydrogen-bond donors (Lipinski definition) is 0. The van der Waals surface area contributed by atoms with E-state index in [2.05, 4.69) is 4.85 Å². The number of methoxy groups -OCH3 is 1. The number of carbonyl (C=O) groups is 3. The van der Waals surface area contributed by atoms with Gasteiger partial charge in [0.05, 0.1) is 25.8 Å². The van der Waals surface area contributed by atoms with Crippen molar-refractivity contribution in [2.45, 2.75) is 44.9 Å². The molecule has 1 aliphatic heterocycles. The monoisotopic (exact) mass is 374 g/mol. The molecule has 0 aromatic heterocycles. The first-order valence-corrected chi connectivity index (χ1v) is 8.40. The zero-order valence-corrected chi connectivity index (χ0v) is 15.7. The van der Waals surface area contributed by atoms with Gasteiger partial charge in [0.15, 0.2) is 5.69 Å². The fourth-order valence-corrected chi connectivity index (χ4v) is 2.66. The van der Waals surface area contributed by atoms with E-state index in [0.717, 1.165) is 0 Å². The molecule has 1 aromatic rings. The van der Waals surface area contributed by atoms with Crippen LogP contribution in [-0.4, -0.2) is 54.3 Å². The molecule has 0 N–H and O–H groups in total. The van der Waals surface area contributed by atoms with E-state index >= 15 is 0 Å². The minimum Gasteiger partial charge on any atom is -0.467 e. The Balaban J connectivity index is 2.09. The summed E-state index contributed by atoms with van der Waals surface area (Å²) < 4.78 is 15.5. The van der Waals surface area contributed by atoms with Crippen LogP contribution in [0.5, 0.6) is 0 Å². The summed E-state index contributed by atoms with van der Waals surface area (Å²) in [5, 5.41) is 0. The lowest BCUT2D eigenvalue weighted by atomic mass is 10.2. The van der Waals surface area contributed by atoms with Crippen LogP contribution in [-0.2, 0) is 19.0 Å². The van der Waals surface area contributed by atoms with E-state index in [-0.39, 0.29) is 18.5 Å². The van der Waals surface area contributed by atoms with Crippen molar-refractivity contribution in [2.75, 3.05) is 13.7 Å². The minimum absolute atomic E-state index is 0.0283. The first-order chi connectivity index (χ1) is 12.6. The van der Waals surface area contributed by atoms with Crippen molar-refractivity contribution < 1.29 is 28.6 Å². The van der Waals surface area contributed by atoms with Crippen LogP contribution in [0.3, 0.4) is 0 Å². The topological polar surface area (TPSA) is 86.5 Å². The molecule has 1 heterocycles. The molecule has 8 heteroatoms. The third kappa shape index (κ3) is 5.20. The van der Waals surface area contributed by atoms with Crippen molar-refractivity contribution in [3.05, 3.63) is 41.2 Å². The number of rotatable bonds is 3. The van der Waals surface area contributed by atoms with Crippen LogP contribution in [0.4, 0.5) is 10.5 Å². The second kappa shape index (κ2) is 8.08. The third-order valence-electron chi connectivity index (χ3n) is 3.87. The molecule has 1 saturated heterocycles. The number of benzene rings is 1. The molecule has 0 bridgehead atoms. The number of amides is 1. The molecule has 1 aromatic carbocycles. The van der Waals surface area contributed by atoms with Gasteiger partial charge in [0.1, 0.15) is 17.7 Å². The Labute approximate surface area is 157 Å². The van der Waals surface area contributed by atoms with E-state index < -0.39 is 35.8 Å². The van der Waals surface area contributed by atoms with Crippen molar-refractivity contribution in [2.24, 2.45) is 0 Å². The lowest BCUT2D eigenvalue weighted by Gasteiger charge is -2.27. The Hall–Kier alpha value is -3.08. The summed E-state index contributed by atoms with van der Waals surface area (Å²) in [4.78, 5) is 41.2. The smallest absolute Gasteiger partial charge is 0.411 e. The molecule has 2 rings (SSSR count). The maximum Gasteiger partial charge on any atom is 0.411 e. The molecule has 144 valence electrons. The SMILES string of the molecule is [C-]#[N+]c1ccc(C(=O)O[C@@H]2C[C@@H](C(=O)OC)N(C(=O)OC(C)(C)C)C2)cc1. The molecule has 1 aliphatic rings. The fraction of sp³-hybridized carbons (Fsp3) is 0.474. The predicted molar refractivity (Wildman–Crippen MR) is 95.3 cm³/mol. The average molecular weight is 374 g/mol. The predicted octanol–water partition coefficient (Wildman–Crippen LogP) is 2.95. The Bertz CT molecular complexity index is 760. The normalized spacial score (nSPS) is 19.1. The van der Waals surface area contributed by atoms with Crippen LogP contribution < -0.4 is 0 Å². The lowest BCUT2D eigenvalue weighted by Crippen LogP contribution is -2.44. The van der Waals surface area contributed by atoms with Gasteiger partial charge in [0.25, 0.3) is 0 Å². The summed E-state index contributed by atoms with van der Waals surface area (Å²) in [6.07, 6.45) is -1.22. The quantitative estimate of drug-likeness (QED) is 0.459. The van der Waals surface area contributed by atoms with Crippen molar-refractivity contribution in [3.8, 4) is 0 Å². The van der Waals surface area contributed by atoms with E-state index in [1.54, 1.807) is 20.8 Å². The summed E-state index contributed by atoms with van der Waals surface area (Å²) >= 11 is 0. The molecular weight excluding hydrogens is 352 g/mol. The van der Waals surface area contributed by atoms with E-state index in [4.69, 9.17) is 20.8 Å². The Morgan fingerprint density at radius 2 is 1.81 bits per heavy atom. The van der Waals surface area contributed by atoms with Gasteiger partial charge in [-0.15, -0.1) is 0 Å². The maximum atomic E-state index is 12.4. The van der Waals surface area contributed by atoms with Crippen LogP contribution in [0.2, 0.25) is 0 Å². The van der Waals surface area contributed by atoms with Crippen LogP contribution in [0.1, 0.15) is 37.6 Å². The number of likely N-dealkylation sites (tertiary alicyclic amines) is 1. The van der Waals surface area contributed by atoms with Crippen LogP contribution >= 0.6 is 0 Å². The molecule has 0 unspecified atom stereocenters. The highest BCUT2D eigenvalue weighted by atomic mass is 16.6.